The van der Waals surface area contributed by atoms with Gasteiger partial charge in [0.15, 0.2) is 0 Å². The summed E-state index contributed by atoms with van der Waals surface area (Å²) in [6, 6.07) is 7.46. The van der Waals surface area contributed by atoms with Crippen molar-refractivity contribution in [3.05, 3.63) is 36.2 Å². The van der Waals surface area contributed by atoms with Crippen LogP contribution in [0.25, 0.3) is 11.4 Å². The van der Waals surface area contributed by atoms with E-state index in [1.165, 1.54) is 0 Å². The standard InChI is InChI=1S/C14H16N4O2/c15-14(19)13-9-12(11-3-1-2-6-16-11)17-18(13)10-4-7-20-8-5-10/h1-3,6,9-10H,4-5,7-8H2,(H2,15,19). The molecule has 0 atom stereocenters. The molecule has 0 unspecified atom stereocenters. The van der Waals surface area contributed by atoms with E-state index < -0.39 is 5.91 Å². The number of aromatic nitrogens is 3. The predicted octanol–water partition coefficient (Wildman–Crippen LogP) is 1.40. The summed E-state index contributed by atoms with van der Waals surface area (Å²) in [4.78, 5) is 15.9. The maximum absolute atomic E-state index is 11.6. The third-order valence-electron chi connectivity index (χ3n) is 3.45. The summed E-state index contributed by atoms with van der Waals surface area (Å²) < 4.78 is 7.07. The predicted molar refractivity (Wildman–Crippen MR) is 73.1 cm³/mol. The van der Waals surface area contributed by atoms with Crippen molar-refractivity contribution in [2.75, 3.05) is 13.2 Å². The Hall–Kier alpha value is -2.21. The van der Waals surface area contributed by atoms with E-state index >= 15 is 0 Å². The smallest absolute Gasteiger partial charge is 0.267 e. The number of carbonyl (C=O) groups is 1. The molecule has 0 aromatic carbocycles. The van der Waals surface area contributed by atoms with Gasteiger partial charge in [0.25, 0.3) is 5.91 Å². The molecular weight excluding hydrogens is 256 g/mol. The Morgan fingerprint density at radius 3 is 2.75 bits per heavy atom. The zero-order chi connectivity index (χ0) is 13.9. The second kappa shape index (κ2) is 5.42. The lowest BCUT2D eigenvalue weighted by atomic mass is 10.1. The first-order valence-corrected chi connectivity index (χ1v) is 6.64. The van der Waals surface area contributed by atoms with Crippen molar-refractivity contribution in [1.29, 1.82) is 0 Å². The van der Waals surface area contributed by atoms with Crippen molar-refractivity contribution in [2.45, 2.75) is 18.9 Å². The van der Waals surface area contributed by atoms with Crippen molar-refractivity contribution in [3.63, 3.8) is 0 Å². The minimum absolute atomic E-state index is 0.156. The van der Waals surface area contributed by atoms with Crippen molar-refractivity contribution in [3.8, 4) is 11.4 Å². The van der Waals surface area contributed by atoms with E-state index in [4.69, 9.17) is 10.5 Å². The van der Waals surface area contributed by atoms with Gasteiger partial charge in [0.1, 0.15) is 11.4 Å². The highest BCUT2D eigenvalue weighted by Crippen LogP contribution is 2.25. The number of hydrogen-bond acceptors (Lipinski definition) is 4. The van der Waals surface area contributed by atoms with Gasteiger partial charge >= 0.3 is 0 Å². The summed E-state index contributed by atoms with van der Waals surface area (Å²) in [5.41, 5.74) is 7.30. The SMILES string of the molecule is NC(=O)c1cc(-c2ccccn2)nn1C1CCOCC1. The summed E-state index contributed by atoms with van der Waals surface area (Å²) >= 11 is 0. The van der Waals surface area contributed by atoms with Crippen molar-refractivity contribution in [1.82, 2.24) is 14.8 Å². The molecular formula is C14H16N4O2. The second-order valence-corrected chi connectivity index (χ2v) is 4.78. The van der Waals surface area contributed by atoms with Crippen LogP contribution in [0.3, 0.4) is 0 Å². The number of primary amides is 1. The molecule has 2 N–H and O–H groups in total. The van der Waals surface area contributed by atoms with Crippen LogP contribution in [0.2, 0.25) is 0 Å². The lowest BCUT2D eigenvalue weighted by Gasteiger charge is -2.23. The van der Waals surface area contributed by atoms with Crippen molar-refractivity contribution in [2.24, 2.45) is 5.73 Å². The number of nitrogens with zero attached hydrogens (tertiary/aromatic N) is 3. The molecule has 1 saturated heterocycles. The van der Waals surface area contributed by atoms with Gasteiger partial charge < -0.3 is 10.5 Å². The molecule has 1 fully saturated rings. The average Bonchev–Trinajstić information content (AvgIpc) is 2.94. The van der Waals surface area contributed by atoms with E-state index in [1.54, 1.807) is 16.9 Å². The fourth-order valence-electron chi connectivity index (χ4n) is 2.43. The Kier molecular flexibility index (Phi) is 3.47. The summed E-state index contributed by atoms with van der Waals surface area (Å²) in [5, 5.41) is 4.52. The lowest BCUT2D eigenvalue weighted by molar-refractivity contribution is 0.0646. The maximum atomic E-state index is 11.6. The van der Waals surface area contributed by atoms with E-state index in [0.717, 1.165) is 18.5 Å². The molecule has 2 aromatic heterocycles. The number of pyridine rings is 1. The third-order valence-corrected chi connectivity index (χ3v) is 3.45. The molecule has 3 rings (SSSR count). The Labute approximate surface area is 116 Å². The fourth-order valence-corrected chi connectivity index (χ4v) is 2.43. The quantitative estimate of drug-likeness (QED) is 0.915. The number of hydrogen-bond donors (Lipinski definition) is 1. The van der Waals surface area contributed by atoms with Gasteiger partial charge in [-0.15, -0.1) is 0 Å². The lowest BCUT2D eigenvalue weighted by Crippen LogP contribution is -2.25. The van der Waals surface area contributed by atoms with Gasteiger partial charge in [-0.2, -0.15) is 5.10 Å². The highest BCUT2D eigenvalue weighted by atomic mass is 16.5. The van der Waals surface area contributed by atoms with Gasteiger partial charge in [-0.3, -0.25) is 14.5 Å². The van der Waals surface area contributed by atoms with E-state index in [0.29, 0.717) is 24.6 Å². The first-order chi connectivity index (χ1) is 9.75. The molecule has 6 heteroatoms. The largest absolute Gasteiger partial charge is 0.381 e. The summed E-state index contributed by atoms with van der Waals surface area (Å²) in [6.45, 7) is 1.36. The zero-order valence-electron chi connectivity index (χ0n) is 11.0. The van der Waals surface area contributed by atoms with Crippen LogP contribution in [-0.2, 0) is 4.74 Å². The number of carbonyl (C=O) groups excluding carboxylic acids is 1. The topological polar surface area (TPSA) is 83.0 Å². The Balaban J connectivity index is 2.00. The second-order valence-electron chi connectivity index (χ2n) is 4.78. The molecule has 6 nitrogen and oxygen atoms in total. The average molecular weight is 272 g/mol. The highest BCUT2D eigenvalue weighted by molar-refractivity contribution is 5.92. The molecule has 1 aliphatic heterocycles. The first kappa shape index (κ1) is 12.8. The van der Waals surface area contributed by atoms with E-state index in [1.807, 2.05) is 18.2 Å². The van der Waals surface area contributed by atoms with Crippen molar-refractivity contribution >= 4 is 5.91 Å². The van der Waals surface area contributed by atoms with Crippen LogP contribution in [0.4, 0.5) is 0 Å². The summed E-state index contributed by atoms with van der Waals surface area (Å²) in [5.74, 6) is -0.467. The van der Waals surface area contributed by atoms with Crippen LogP contribution in [0, 0.1) is 0 Å². The summed E-state index contributed by atoms with van der Waals surface area (Å²) in [7, 11) is 0. The van der Waals surface area contributed by atoms with E-state index in [-0.39, 0.29) is 6.04 Å². The van der Waals surface area contributed by atoms with Crippen LogP contribution in [0.1, 0.15) is 29.4 Å². The minimum atomic E-state index is -0.467. The van der Waals surface area contributed by atoms with Gasteiger partial charge in [0, 0.05) is 19.4 Å². The summed E-state index contributed by atoms with van der Waals surface area (Å²) in [6.07, 6.45) is 3.37. The molecule has 1 amide bonds. The molecule has 1 aliphatic rings. The van der Waals surface area contributed by atoms with Crippen LogP contribution >= 0.6 is 0 Å². The van der Waals surface area contributed by atoms with Crippen LogP contribution in [0.15, 0.2) is 30.5 Å². The van der Waals surface area contributed by atoms with Crippen LogP contribution in [-0.4, -0.2) is 33.9 Å². The van der Waals surface area contributed by atoms with Gasteiger partial charge in [-0.25, -0.2) is 0 Å². The molecule has 0 radical (unpaired) electrons. The van der Waals surface area contributed by atoms with Gasteiger partial charge in [0.05, 0.1) is 11.7 Å². The molecule has 0 aliphatic carbocycles. The third kappa shape index (κ3) is 2.42. The minimum Gasteiger partial charge on any atom is -0.381 e. The maximum Gasteiger partial charge on any atom is 0.267 e. The zero-order valence-corrected chi connectivity index (χ0v) is 11.0. The molecule has 0 spiro atoms. The van der Waals surface area contributed by atoms with Gasteiger partial charge in [-0.1, -0.05) is 6.07 Å². The monoisotopic (exact) mass is 272 g/mol. The number of ether oxygens (including phenoxy) is 1. The van der Waals surface area contributed by atoms with E-state index in [2.05, 4.69) is 10.1 Å². The first-order valence-electron chi connectivity index (χ1n) is 6.64. The Morgan fingerprint density at radius 2 is 2.10 bits per heavy atom. The highest BCUT2D eigenvalue weighted by Gasteiger charge is 2.23. The molecule has 104 valence electrons. The Bertz CT molecular complexity index is 603. The number of rotatable bonds is 3. The van der Waals surface area contributed by atoms with Crippen molar-refractivity contribution < 1.29 is 9.53 Å². The fraction of sp³-hybridized carbons (Fsp3) is 0.357. The molecule has 0 saturated carbocycles. The van der Waals surface area contributed by atoms with Gasteiger partial charge in [0.2, 0.25) is 0 Å². The number of amides is 1. The van der Waals surface area contributed by atoms with E-state index in [9.17, 15) is 4.79 Å². The van der Waals surface area contributed by atoms with Crippen LogP contribution in [0.5, 0.6) is 0 Å². The molecule has 3 heterocycles. The molecule has 0 bridgehead atoms. The normalized spacial score (nSPS) is 16.2. The molecule has 20 heavy (non-hydrogen) atoms. The van der Waals surface area contributed by atoms with Crippen LogP contribution < -0.4 is 5.73 Å². The Morgan fingerprint density at radius 1 is 1.30 bits per heavy atom. The number of nitrogens with two attached hydrogens (primary N) is 1. The molecule has 2 aromatic rings. The van der Waals surface area contributed by atoms with Gasteiger partial charge in [-0.05, 0) is 31.0 Å².